The molecular weight excluding hydrogens is 343 g/mol. The number of ether oxygens (including phenoxy) is 1. The van der Waals surface area contributed by atoms with Crippen LogP contribution in [0.25, 0.3) is 0 Å². The van der Waals surface area contributed by atoms with Gasteiger partial charge in [-0.05, 0) is 19.0 Å². The summed E-state index contributed by atoms with van der Waals surface area (Å²) >= 11 is 0. The molecule has 0 aromatic heterocycles. The molecule has 1 aromatic rings. The summed E-state index contributed by atoms with van der Waals surface area (Å²) in [5.41, 5.74) is 6.36. The maximum absolute atomic E-state index is 13.6. The first-order valence-corrected chi connectivity index (χ1v) is 8.08. The van der Waals surface area contributed by atoms with Crippen LogP contribution in [0.3, 0.4) is 0 Å². The maximum Gasteiger partial charge on any atom is 0.334 e. The van der Waals surface area contributed by atoms with Crippen molar-refractivity contribution >= 4 is 11.9 Å². The zero-order valence-electron chi connectivity index (χ0n) is 14.5. The highest BCUT2D eigenvalue weighted by Crippen LogP contribution is 2.43. The number of carboxylic acid groups (broad SMARTS) is 2. The lowest BCUT2D eigenvalue weighted by atomic mass is 9.79. The highest BCUT2D eigenvalue weighted by molar-refractivity contribution is 5.98. The summed E-state index contributed by atoms with van der Waals surface area (Å²) in [5.74, 6) is -4.13. The van der Waals surface area contributed by atoms with Crippen molar-refractivity contribution in [1.82, 2.24) is 5.32 Å². The largest absolute Gasteiger partial charge is 0.496 e. The highest BCUT2D eigenvalue weighted by atomic mass is 19.1. The number of hydrogen-bond donors (Lipinski definition) is 4. The standard InChI is InChI=1S/C18H21FN2O5/c1-3-11-15(17(22)23)14(10-5-4-9(19)8-13(10)26-2)16(18(24)25)12(21-11)6-7-20/h4-5,8,14,21H,3,6-7,20H2,1-2H3,(H,22,23)(H,24,25). The molecule has 1 aromatic carbocycles. The molecule has 1 atom stereocenters. The lowest BCUT2D eigenvalue weighted by Gasteiger charge is -2.31. The third-order valence-corrected chi connectivity index (χ3v) is 4.24. The van der Waals surface area contributed by atoms with Gasteiger partial charge in [0, 0.05) is 29.4 Å². The zero-order chi connectivity index (χ0) is 19.4. The molecule has 1 aliphatic heterocycles. The summed E-state index contributed by atoms with van der Waals surface area (Å²) < 4.78 is 18.8. The van der Waals surface area contributed by atoms with Gasteiger partial charge in [0.05, 0.1) is 24.2 Å². The minimum atomic E-state index is -1.27. The molecule has 1 aliphatic rings. The first-order valence-electron chi connectivity index (χ1n) is 8.08. The molecular formula is C18H21FN2O5. The molecule has 0 amide bonds. The summed E-state index contributed by atoms with van der Waals surface area (Å²) in [6.45, 7) is 1.95. The molecule has 7 nitrogen and oxygen atoms in total. The minimum Gasteiger partial charge on any atom is -0.496 e. The smallest absolute Gasteiger partial charge is 0.334 e. The van der Waals surface area contributed by atoms with Gasteiger partial charge in [0.2, 0.25) is 0 Å². The molecule has 5 N–H and O–H groups in total. The van der Waals surface area contributed by atoms with Crippen LogP contribution in [-0.4, -0.2) is 35.8 Å². The van der Waals surface area contributed by atoms with E-state index >= 15 is 0 Å². The highest BCUT2D eigenvalue weighted by Gasteiger charge is 2.39. The lowest BCUT2D eigenvalue weighted by molar-refractivity contribution is -0.133. The Bertz CT molecular complexity index is 801. The molecule has 140 valence electrons. The van der Waals surface area contributed by atoms with E-state index in [-0.39, 0.29) is 35.4 Å². The van der Waals surface area contributed by atoms with Gasteiger partial charge >= 0.3 is 11.9 Å². The van der Waals surface area contributed by atoms with Crippen LogP contribution >= 0.6 is 0 Å². The fourth-order valence-electron chi connectivity index (χ4n) is 3.17. The molecule has 0 saturated carbocycles. The second-order valence-electron chi connectivity index (χ2n) is 5.73. The Labute approximate surface area is 150 Å². The summed E-state index contributed by atoms with van der Waals surface area (Å²) in [5, 5.41) is 22.4. The topological polar surface area (TPSA) is 122 Å². The number of allylic oxidation sites excluding steroid dienone is 1. The molecule has 0 radical (unpaired) electrons. The number of carbonyl (C=O) groups is 2. The van der Waals surface area contributed by atoms with Gasteiger partial charge in [-0.15, -0.1) is 0 Å². The van der Waals surface area contributed by atoms with Gasteiger partial charge in [-0.2, -0.15) is 0 Å². The van der Waals surface area contributed by atoms with Crippen LogP contribution in [0.4, 0.5) is 4.39 Å². The van der Waals surface area contributed by atoms with E-state index in [1.807, 2.05) is 0 Å². The first kappa shape index (κ1) is 19.5. The van der Waals surface area contributed by atoms with Gasteiger partial charge in [0.1, 0.15) is 11.6 Å². The first-order chi connectivity index (χ1) is 12.3. The normalized spacial score (nSPS) is 17.2. The lowest BCUT2D eigenvalue weighted by Crippen LogP contribution is -2.33. The van der Waals surface area contributed by atoms with Crippen molar-refractivity contribution in [3.8, 4) is 5.75 Å². The van der Waals surface area contributed by atoms with Crippen LogP contribution in [0.5, 0.6) is 5.75 Å². The van der Waals surface area contributed by atoms with Crippen LogP contribution in [0.1, 0.15) is 31.2 Å². The Balaban J connectivity index is 2.82. The number of rotatable bonds is 7. The van der Waals surface area contributed by atoms with Gasteiger partial charge in [-0.1, -0.05) is 13.0 Å². The molecule has 0 aliphatic carbocycles. The van der Waals surface area contributed by atoms with Crippen LogP contribution in [0.15, 0.2) is 40.7 Å². The van der Waals surface area contributed by atoms with Crippen molar-refractivity contribution in [2.24, 2.45) is 5.73 Å². The number of aliphatic carboxylic acids is 2. The van der Waals surface area contributed by atoms with E-state index in [9.17, 15) is 24.2 Å². The van der Waals surface area contributed by atoms with Gasteiger partial charge in [-0.3, -0.25) is 0 Å². The number of methoxy groups -OCH3 is 1. The van der Waals surface area contributed by atoms with Gasteiger partial charge < -0.3 is 26.0 Å². The molecule has 0 spiro atoms. The number of carboxylic acids is 2. The van der Waals surface area contributed by atoms with Gasteiger partial charge in [0.15, 0.2) is 0 Å². The van der Waals surface area contributed by atoms with Crippen LogP contribution in [-0.2, 0) is 9.59 Å². The molecule has 0 bridgehead atoms. The summed E-state index contributed by atoms with van der Waals surface area (Å²) in [7, 11) is 1.31. The van der Waals surface area contributed by atoms with E-state index in [1.54, 1.807) is 6.92 Å². The minimum absolute atomic E-state index is 0.0805. The van der Waals surface area contributed by atoms with Crippen molar-refractivity contribution in [2.45, 2.75) is 25.7 Å². The van der Waals surface area contributed by atoms with Crippen molar-refractivity contribution in [2.75, 3.05) is 13.7 Å². The molecule has 2 rings (SSSR count). The summed E-state index contributed by atoms with van der Waals surface area (Å²) in [4.78, 5) is 23.9. The maximum atomic E-state index is 13.6. The average molecular weight is 364 g/mol. The van der Waals surface area contributed by atoms with E-state index in [0.29, 0.717) is 17.8 Å². The monoisotopic (exact) mass is 364 g/mol. The van der Waals surface area contributed by atoms with E-state index < -0.39 is 23.7 Å². The number of nitrogens with one attached hydrogen (secondary N) is 1. The van der Waals surface area contributed by atoms with E-state index in [0.717, 1.165) is 12.1 Å². The van der Waals surface area contributed by atoms with Gasteiger partial charge in [0.25, 0.3) is 0 Å². The Hall–Kier alpha value is -2.87. The number of halogens is 1. The number of benzene rings is 1. The van der Waals surface area contributed by atoms with E-state index in [2.05, 4.69) is 5.32 Å². The van der Waals surface area contributed by atoms with Crippen LogP contribution < -0.4 is 15.8 Å². The molecule has 1 unspecified atom stereocenters. The molecule has 26 heavy (non-hydrogen) atoms. The van der Waals surface area contributed by atoms with Crippen molar-refractivity contribution in [3.63, 3.8) is 0 Å². The average Bonchev–Trinajstić information content (AvgIpc) is 2.60. The molecule has 0 saturated heterocycles. The predicted molar refractivity (Wildman–Crippen MR) is 92.1 cm³/mol. The molecule has 8 heteroatoms. The fraction of sp³-hybridized carbons (Fsp3) is 0.333. The summed E-state index contributed by atoms with van der Waals surface area (Å²) in [6, 6.07) is 3.60. The van der Waals surface area contributed by atoms with Crippen molar-refractivity contribution < 1.29 is 28.9 Å². The fourth-order valence-corrected chi connectivity index (χ4v) is 3.17. The van der Waals surface area contributed by atoms with E-state index in [1.165, 1.54) is 13.2 Å². The Morgan fingerprint density at radius 1 is 1.23 bits per heavy atom. The van der Waals surface area contributed by atoms with Crippen molar-refractivity contribution in [1.29, 1.82) is 0 Å². The van der Waals surface area contributed by atoms with Crippen LogP contribution in [0.2, 0.25) is 0 Å². The number of hydrogen-bond acceptors (Lipinski definition) is 5. The second-order valence-corrected chi connectivity index (χ2v) is 5.73. The van der Waals surface area contributed by atoms with Crippen molar-refractivity contribution in [3.05, 3.63) is 52.1 Å². The predicted octanol–water partition coefficient (Wildman–Crippen LogP) is 1.96. The van der Waals surface area contributed by atoms with Gasteiger partial charge in [-0.25, -0.2) is 14.0 Å². The Morgan fingerprint density at radius 2 is 1.85 bits per heavy atom. The third-order valence-electron chi connectivity index (χ3n) is 4.24. The number of nitrogens with two attached hydrogens (primary N) is 1. The summed E-state index contributed by atoms with van der Waals surface area (Å²) in [6.07, 6.45) is 0.584. The van der Waals surface area contributed by atoms with Crippen LogP contribution in [0, 0.1) is 5.82 Å². The quantitative estimate of drug-likeness (QED) is 0.583. The third kappa shape index (κ3) is 3.55. The van der Waals surface area contributed by atoms with E-state index in [4.69, 9.17) is 10.5 Å². The SMILES string of the molecule is CCC1=C(C(=O)O)C(c2ccc(F)cc2OC)C(C(=O)O)=C(CCN)N1. The Morgan fingerprint density at radius 3 is 2.35 bits per heavy atom. The zero-order valence-corrected chi connectivity index (χ0v) is 14.5. The molecule has 1 heterocycles. The number of dihydropyridines is 1. The Kier molecular flexibility index (Phi) is 5.99. The molecule has 0 fully saturated rings. The second kappa shape index (κ2) is 8.01.